The van der Waals surface area contributed by atoms with Crippen LogP contribution in [-0.4, -0.2) is 43.1 Å². The van der Waals surface area contributed by atoms with Gasteiger partial charge in [0.15, 0.2) is 17.3 Å². The van der Waals surface area contributed by atoms with Gasteiger partial charge in [0.1, 0.15) is 0 Å². The molecule has 0 aliphatic heterocycles. The van der Waals surface area contributed by atoms with Crippen molar-refractivity contribution in [2.75, 3.05) is 7.11 Å². The fourth-order valence-electron chi connectivity index (χ4n) is 2.36. The third-order valence-electron chi connectivity index (χ3n) is 3.50. The summed E-state index contributed by atoms with van der Waals surface area (Å²) in [5.74, 6) is 1.61. The lowest BCUT2D eigenvalue weighted by molar-refractivity contribution is 0.373. The van der Waals surface area contributed by atoms with E-state index in [1.54, 1.807) is 33.8 Å². The van der Waals surface area contributed by atoms with Crippen molar-refractivity contribution in [3.05, 3.63) is 47.0 Å². The zero-order valence-corrected chi connectivity index (χ0v) is 13.9. The van der Waals surface area contributed by atoms with Crippen LogP contribution in [0.25, 0.3) is 5.95 Å². The lowest BCUT2D eigenvalue weighted by Crippen LogP contribution is -2.07. The highest BCUT2D eigenvalue weighted by Gasteiger charge is 2.13. The molecule has 0 spiro atoms. The Morgan fingerprint density at radius 3 is 2.58 bits per heavy atom. The quantitative estimate of drug-likeness (QED) is 0.740. The van der Waals surface area contributed by atoms with Gasteiger partial charge in [-0.15, -0.1) is 10.2 Å². The molecule has 8 heteroatoms. The van der Waals surface area contributed by atoms with Crippen molar-refractivity contribution >= 4 is 6.21 Å². The van der Waals surface area contributed by atoms with Crippen molar-refractivity contribution in [1.82, 2.24) is 24.7 Å². The average molecular weight is 326 g/mol. The van der Waals surface area contributed by atoms with Gasteiger partial charge in [-0.2, -0.15) is 14.9 Å². The lowest BCUT2D eigenvalue weighted by Gasteiger charge is -2.05. The maximum atomic E-state index is 9.84. The van der Waals surface area contributed by atoms with Crippen LogP contribution in [0.2, 0.25) is 0 Å². The Hall–Kier alpha value is -3.16. The van der Waals surface area contributed by atoms with Crippen LogP contribution in [0.1, 0.15) is 22.8 Å². The number of benzene rings is 1. The number of ether oxygens (including phenoxy) is 1. The summed E-state index contributed by atoms with van der Waals surface area (Å²) in [5, 5.41) is 26.9. The summed E-state index contributed by atoms with van der Waals surface area (Å²) in [4.78, 5) is 0. The molecule has 24 heavy (non-hydrogen) atoms. The molecule has 0 aliphatic carbocycles. The topological polar surface area (TPSA) is 90.4 Å². The molecule has 0 aliphatic rings. The zero-order valence-electron chi connectivity index (χ0n) is 13.9. The SMILES string of the molecule is COc1ccc(/C=N\n2c(C)nnc2-n2nc(C)cc2C)cc1O. The molecule has 0 radical (unpaired) electrons. The predicted molar refractivity (Wildman–Crippen MR) is 89.0 cm³/mol. The normalized spacial score (nSPS) is 11.3. The number of aryl methyl sites for hydroxylation is 3. The van der Waals surface area contributed by atoms with Crippen molar-refractivity contribution in [1.29, 1.82) is 0 Å². The van der Waals surface area contributed by atoms with E-state index < -0.39 is 0 Å². The minimum Gasteiger partial charge on any atom is -0.504 e. The van der Waals surface area contributed by atoms with Crippen molar-refractivity contribution in [3.63, 3.8) is 0 Å². The Morgan fingerprint density at radius 1 is 1.17 bits per heavy atom. The van der Waals surface area contributed by atoms with Crippen LogP contribution in [0.4, 0.5) is 0 Å². The molecule has 2 heterocycles. The van der Waals surface area contributed by atoms with Crippen molar-refractivity contribution in [2.45, 2.75) is 20.8 Å². The van der Waals surface area contributed by atoms with Crippen LogP contribution in [0.3, 0.4) is 0 Å². The van der Waals surface area contributed by atoms with Gasteiger partial charge in [-0.25, -0.2) is 4.68 Å². The summed E-state index contributed by atoms with van der Waals surface area (Å²) in [6.07, 6.45) is 1.62. The van der Waals surface area contributed by atoms with Gasteiger partial charge < -0.3 is 9.84 Å². The molecule has 1 N–H and O–H groups in total. The Balaban J connectivity index is 1.97. The van der Waals surface area contributed by atoms with Crippen LogP contribution >= 0.6 is 0 Å². The molecular weight excluding hydrogens is 308 g/mol. The van der Waals surface area contributed by atoms with Gasteiger partial charge in [0.2, 0.25) is 0 Å². The first kappa shape index (κ1) is 15.7. The number of aromatic hydroxyl groups is 1. The van der Waals surface area contributed by atoms with Crippen molar-refractivity contribution in [3.8, 4) is 17.4 Å². The fraction of sp³-hybridized carbons (Fsp3) is 0.250. The molecule has 2 aromatic heterocycles. The molecule has 8 nitrogen and oxygen atoms in total. The van der Waals surface area contributed by atoms with Gasteiger partial charge in [-0.3, -0.25) is 0 Å². The summed E-state index contributed by atoms with van der Waals surface area (Å²) in [6.45, 7) is 5.67. The monoisotopic (exact) mass is 326 g/mol. The van der Waals surface area contributed by atoms with Crippen LogP contribution in [0.15, 0.2) is 29.4 Å². The number of rotatable bonds is 4. The Kier molecular flexibility index (Phi) is 4.03. The highest BCUT2D eigenvalue weighted by Crippen LogP contribution is 2.25. The second-order valence-electron chi connectivity index (χ2n) is 5.37. The maximum absolute atomic E-state index is 9.84. The molecule has 1 aromatic carbocycles. The summed E-state index contributed by atoms with van der Waals surface area (Å²) in [6, 6.07) is 7.01. The largest absolute Gasteiger partial charge is 0.504 e. The van der Waals surface area contributed by atoms with Crippen molar-refractivity contribution < 1.29 is 9.84 Å². The lowest BCUT2D eigenvalue weighted by atomic mass is 10.2. The van der Waals surface area contributed by atoms with Gasteiger partial charge in [0, 0.05) is 5.69 Å². The smallest absolute Gasteiger partial charge is 0.273 e. The van der Waals surface area contributed by atoms with E-state index in [9.17, 15) is 5.11 Å². The first-order chi connectivity index (χ1) is 11.5. The molecular formula is C16H18N6O2. The van der Waals surface area contributed by atoms with E-state index in [4.69, 9.17) is 4.74 Å². The van der Waals surface area contributed by atoms with E-state index in [2.05, 4.69) is 20.4 Å². The third kappa shape index (κ3) is 2.85. The second-order valence-corrected chi connectivity index (χ2v) is 5.37. The number of aromatic nitrogens is 5. The summed E-state index contributed by atoms with van der Waals surface area (Å²) < 4.78 is 8.32. The Morgan fingerprint density at radius 2 is 1.96 bits per heavy atom. The molecule has 0 unspecified atom stereocenters. The highest BCUT2D eigenvalue weighted by atomic mass is 16.5. The first-order valence-corrected chi connectivity index (χ1v) is 7.36. The van der Waals surface area contributed by atoms with Gasteiger partial charge in [0.05, 0.1) is 19.0 Å². The number of phenols is 1. The number of phenolic OH excluding ortho intramolecular Hbond substituents is 1. The van der Waals surface area contributed by atoms with Gasteiger partial charge in [0.25, 0.3) is 5.95 Å². The minimum atomic E-state index is 0.0562. The highest BCUT2D eigenvalue weighted by molar-refractivity contribution is 5.80. The maximum Gasteiger partial charge on any atom is 0.273 e. The van der Waals surface area contributed by atoms with Crippen LogP contribution < -0.4 is 4.74 Å². The third-order valence-corrected chi connectivity index (χ3v) is 3.50. The Bertz CT molecular complexity index is 909. The Labute approximate surface area is 139 Å². The molecule has 0 atom stereocenters. The molecule has 0 saturated heterocycles. The van der Waals surface area contributed by atoms with Gasteiger partial charge >= 0.3 is 0 Å². The minimum absolute atomic E-state index is 0.0562. The molecule has 3 rings (SSSR count). The molecule has 0 bridgehead atoms. The van der Waals surface area contributed by atoms with Crippen LogP contribution in [-0.2, 0) is 0 Å². The number of nitrogens with zero attached hydrogens (tertiary/aromatic N) is 6. The van der Waals surface area contributed by atoms with Gasteiger partial charge in [-0.05, 0) is 50.6 Å². The standard InChI is InChI=1S/C16H18N6O2/c1-10-7-11(2)21(20-10)16-19-18-12(3)22(16)17-9-13-5-6-15(24-4)14(23)8-13/h5-9,23H,1-4H3/b17-9-. The summed E-state index contributed by atoms with van der Waals surface area (Å²) in [7, 11) is 1.50. The molecule has 0 saturated carbocycles. The van der Waals surface area contributed by atoms with Crippen LogP contribution in [0, 0.1) is 20.8 Å². The zero-order chi connectivity index (χ0) is 17.3. The van der Waals surface area contributed by atoms with E-state index >= 15 is 0 Å². The fourth-order valence-corrected chi connectivity index (χ4v) is 2.36. The summed E-state index contributed by atoms with van der Waals surface area (Å²) >= 11 is 0. The number of hydrogen-bond donors (Lipinski definition) is 1. The summed E-state index contributed by atoms with van der Waals surface area (Å²) in [5.41, 5.74) is 2.56. The van der Waals surface area contributed by atoms with Gasteiger partial charge in [-0.1, -0.05) is 0 Å². The predicted octanol–water partition coefficient (Wildman–Crippen LogP) is 1.99. The van der Waals surface area contributed by atoms with Crippen molar-refractivity contribution in [2.24, 2.45) is 5.10 Å². The molecule has 3 aromatic rings. The van der Waals surface area contributed by atoms with Crippen LogP contribution in [0.5, 0.6) is 11.5 Å². The molecule has 0 amide bonds. The van der Waals surface area contributed by atoms with E-state index in [0.717, 1.165) is 17.0 Å². The van der Waals surface area contributed by atoms with E-state index in [1.807, 2.05) is 26.8 Å². The first-order valence-electron chi connectivity index (χ1n) is 7.36. The second kappa shape index (κ2) is 6.15. The average Bonchev–Trinajstić information content (AvgIpc) is 3.07. The number of hydrogen-bond acceptors (Lipinski definition) is 6. The molecule has 124 valence electrons. The van der Waals surface area contributed by atoms with E-state index in [-0.39, 0.29) is 5.75 Å². The number of methoxy groups -OCH3 is 1. The van der Waals surface area contributed by atoms with E-state index in [1.165, 1.54) is 7.11 Å². The van der Waals surface area contributed by atoms with E-state index in [0.29, 0.717) is 17.5 Å². The molecule has 0 fully saturated rings.